The number of para-hydroxylation sites is 1. The Balaban J connectivity index is 2.09. The van der Waals surface area contributed by atoms with Crippen molar-refractivity contribution in [2.75, 3.05) is 24.3 Å². The van der Waals surface area contributed by atoms with E-state index in [0.29, 0.717) is 11.6 Å². The SMILES string of the molecule is COc1ccc(N)c(N2CCCCc3ccccc32)n1. The smallest absolute Gasteiger partial charge is 0.215 e. The molecule has 4 heteroatoms. The first-order chi connectivity index (χ1) is 9.79. The molecule has 3 rings (SSSR count). The number of nitrogen functional groups attached to an aromatic ring is 1. The Kier molecular flexibility index (Phi) is 3.46. The minimum Gasteiger partial charge on any atom is -0.481 e. The third kappa shape index (κ3) is 2.29. The van der Waals surface area contributed by atoms with Gasteiger partial charge < -0.3 is 15.4 Å². The third-order valence-corrected chi connectivity index (χ3v) is 3.70. The van der Waals surface area contributed by atoms with E-state index in [1.54, 1.807) is 13.2 Å². The lowest BCUT2D eigenvalue weighted by atomic mass is 10.1. The molecule has 0 atom stereocenters. The first-order valence-corrected chi connectivity index (χ1v) is 6.95. The van der Waals surface area contributed by atoms with Crippen LogP contribution in [0.25, 0.3) is 0 Å². The highest BCUT2D eigenvalue weighted by Gasteiger charge is 2.19. The van der Waals surface area contributed by atoms with Gasteiger partial charge in [0.15, 0.2) is 5.82 Å². The van der Waals surface area contributed by atoms with Gasteiger partial charge in [-0.05, 0) is 37.0 Å². The number of nitrogens with zero attached hydrogens (tertiary/aromatic N) is 2. The number of aromatic nitrogens is 1. The Labute approximate surface area is 119 Å². The van der Waals surface area contributed by atoms with Gasteiger partial charge in [0.1, 0.15) is 0 Å². The van der Waals surface area contributed by atoms with E-state index in [4.69, 9.17) is 10.5 Å². The van der Waals surface area contributed by atoms with E-state index in [2.05, 4.69) is 34.1 Å². The van der Waals surface area contributed by atoms with Crippen LogP contribution in [-0.4, -0.2) is 18.6 Å². The maximum Gasteiger partial charge on any atom is 0.215 e. The van der Waals surface area contributed by atoms with Crippen molar-refractivity contribution in [3.8, 4) is 5.88 Å². The average molecular weight is 269 g/mol. The molecule has 1 aliphatic rings. The molecule has 0 amide bonds. The highest BCUT2D eigenvalue weighted by molar-refractivity contribution is 5.73. The molecule has 2 N–H and O–H groups in total. The molecular weight excluding hydrogens is 250 g/mol. The summed E-state index contributed by atoms with van der Waals surface area (Å²) >= 11 is 0. The van der Waals surface area contributed by atoms with Gasteiger partial charge in [0, 0.05) is 18.3 Å². The van der Waals surface area contributed by atoms with Crippen LogP contribution >= 0.6 is 0 Å². The Bertz CT molecular complexity index is 612. The van der Waals surface area contributed by atoms with Crippen LogP contribution in [0.1, 0.15) is 18.4 Å². The maximum absolute atomic E-state index is 6.12. The van der Waals surface area contributed by atoms with Crippen molar-refractivity contribution < 1.29 is 4.74 Å². The second kappa shape index (κ2) is 5.41. The summed E-state index contributed by atoms with van der Waals surface area (Å²) in [5.41, 5.74) is 9.37. The van der Waals surface area contributed by atoms with E-state index >= 15 is 0 Å². The summed E-state index contributed by atoms with van der Waals surface area (Å²) in [7, 11) is 1.62. The fraction of sp³-hybridized carbons (Fsp3) is 0.312. The monoisotopic (exact) mass is 269 g/mol. The largest absolute Gasteiger partial charge is 0.481 e. The minimum atomic E-state index is 0.593. The van der Waals surface area contributed by atoms with Gasteiger partial charge in [-0.3, -0.25) is 0 Å². The molecule has 0 aliphatic carbocycles. The summed E-state index contributed by atoms with van der Waals surface area (Å²) in [4.78, 5) is 6.74. The molecule has 0 saturated carbocycles. The standard InChI is InChI=1S/C16H19N3O/c1-20-15-10-9-13(17)16(18-15)19-11-5-4-7-12-6-2-3-8-14(12)19/h2-3,6,8-10H,4-5,7,11,17H2,1H3. The van der Waals surface area contributed by atoms with Crippen LogP contribution in [0.3, 0.4) is 0 Å². The molecule has 4 nitrogen and oxygen atoms in total. The summed E-state index contributed by atoms with van der Waals surface area (Å²) in [5.74, 6) is 1.38. The zero-order valence-corrected chi connectivity index (χ0v) is 11.7. The van der Waals surface area contributed by atoms with Gasteiger partial charge in [-0.25, -0.2) is 0 Å². The van der Waals surface area contributed by atoms with Crippen LogP contribution in [0.5, 0.6) is 5.88 Å². The van der Waals surface area contributed by atoms with Crippen LogP contribution in [-0.2, 0) is 6.42 Å². The molecule has 1 aromatic carbocycles. The highest BCUT2D eigenvalue weighted by atomic mass is 16.5. The molecule has 104 valence electrons. The van der Waals surface area contributed by atoms with Gasteiger partial charge in [-0.1, -0.05) is 18.2 Å². The molecular formula is C16H19N3O. The lowest BCUT2D eigenvalue weighted by Gasteiger charge is -2.25. The maximum atomic E-state index is 6.12. The first-order valence-electron chi connectivity index (χ1n) is 6.95. The topological polar surface area (TPSA) is 51.4 Å². The van der Waals surface area contributed by atoms with Crippen molar-refractivity contribution >= 4 is 17.2 Å². The highest BCUT2D eigenvalue weighted by Crippen LogP contribution is 2.35. The summed E-state index contributed by atoms with van der Waals surface area (Å²) in [6.45, 7) is 0.932. The number of hydrogen-bond donors (Lipinski definition) is 1. The van der Waals surface area contributed by atoms with Crippen LogP contribution < -0.4 is 15.4 Å². The summed E-state index contributed by atoms with van der Waals surface area (Å²) in [5, 5.41) is 0. The van der Waals surface area contributed by atoms with Crippen LogP contribution in [0.4, 0.5) is 17.2 Å². The van der Waals surface area contributed by atoms with E-state index in [9.17, 15) is 0 Å². The van der Waals surface area contributed by atoms with Crippen LogP contribution in [0.15, 0.2) is 36.4 Å². The molecule has 0 bridgehead atoms. The molecule has 2 aromatic rings. The Hall–Kier alpha value is -2.23. The second-order valence-electron chi connectivity index (χ2n) is 5.00. The van der Waals surface area contributed by atoms with E-state index in [1.165, 1.54) is 17.7 Å². The van der Waals surface area contributed by atoms with Crippen LogP contribution in [0, 0.1) is 0 Å². The molecule has 20 heavy (non-hydrogen) atoms. The van der Waals surface area contributed by atoms with Gasteiger partial charge >= 0.3 is 0 Å². The lowest BCUT2D eigenvalue weighted by Crippen LogP contribution is -2.20. The molecule has 0 unspecified atom stereocenters. The van der Waals surface area contributed by atoms with Crippen molar-refractivity contribution in [1.82, 2.24) is 4.98 Å². The molecule has 0 spiro atoms. The van der Waals surface area contributed by atoms with Gasteiger partial charge in [-0.2, -0.15) is 4.98 Å². The Morgan fingerprint density at radius 3 is 2.85 bits per heavy atom. The zero-order chi connectivity index (χ0) is 13.9. The number of methoxy groups -OCH3 is 1. The third-order valence-electron chi connectivity index (χ3n) is 3.70. The van der Waals surface area contributed by atoms with Gasteiger partial charge in [0.2, 0.25) is 5.88 Å². The fourth-order valence-electron chi connectivity index (χ4n) is 2.68. The number of hydrogen-bond acceptors (Lipinski definition) is 4. The number of aryl methyl sites for hydroxylation is 1. The normalized spacial score (nSPS) is 14.6. The van der Waals surface area contributed by atoms with Gasteiger partial charge in [0.05, 0.1) is 12.8 Å². The molecule has 2 heterocycles. The van der Waals surface area contributed by atoms with Gasteiger partial charge in [-0.15, -0.1) is 0 Å². The van der Waals surface area contributed by atoms with Crippen molar-refractivity contribution in [1.29, 1.82) is 0 Å². The number of ether oxygens (including phenoxy) is 1. The summed E-state index contributed by atoms with van der Waals surface area (Å²) in [6.07, 6.45) is 3.43. The number of benzene rings is 1. The minimum absolute atomic E-state index is 0.593. The van der Waals surface area contributed by atoms with Crippen molar-refractivity contribution in [2.45, 2.75) is 19.3 Å². The number of fused-ring (bicyclic) bond motifs is 1. The first kappa shape index (κ1) is 12.8. The van der Waals surface area contributed by atoms with E-state index in [1.807, 2.05) is 6.07 Å². The number of nitrogens with two attached hydrogens (primary N) is 1. The van der Waals surface area contributed by atoms with E-state index in [0.717, 1.165) is 25.2 Å². The quantitative estimate of drug-likeness (QED) is 0.910. The lowest BCUT2D eigenvalue weighted by molar-refractivity contribution is 0.398. The zero-order valence-electron chi connectivity index (χ0n) is 11.7. The second-order valence-corrected chi connectivity index (χ2v) is 5.00. The fourth-order valence-corrected chi connectivity index (χ4v) is 2.68. The Morgan fingerprint density at radius 1 is 1.15 bits per heavy atom. The molecule has 0 radical (unpaired) electrons. The summed E-state index contributed by atoms with van der Waals surface area (Å²) < 4.78 is 5.23. The van der Waals surface area contributed by atoms with Crippen molar-refractivity contribution in [3.05, 3.63) is 42.0 Å². The summed E-state index contributed by atoms with van der Waals surface area (Å²) in [6, 6.07) is 12.1. The Morgan fingerprint density at radius 2 is 2.00 bits per heavy atom. The molecule has 0 saturated heterocycles. The molecule has 0 fully saturated rings. The van der Waals surface area contributed by atoms with Gasteiger partial charge in [0.25, 0.3) is 0 Å². The molecule has 1 aromatic heterocycles. The predicted octanol–water partition coefficient (Wildman–Crippen LogP) is 3.15. The van der Waals surface area contributed by atoms with E-state index < -0.39 is 0 Å². The number of rotatable bonds is 2. The van der Waals surface area contributed by atoms with E-state index in [-0.39, 0.29) is 0 Å². The average Bonchev–Trinajstić information content (AvgIpc) is 2.70. The van der Waals surface area contributed by atoms with Crippen molar-refractivity contribution in [3.63, 3.8) is 0 Å². The number of anilines is 3. The predicted molar refractivity (Wildman–Crippen MR) is 81.6 cm³/mol. The number of pyridine rings is 1. The van der Waals surface area contributed by atoms with Crippen LogP contribution in [0.2, 0.25) is 0 Å². The molecule has 1 aliphatic heterocycles. The van der Waals surface area contributed by atoms with Crippen molar-refractivity contribution in [2.24, 2.45) is 0 Å².